The maximum Gasteiger partial charge on any atom is 0.163 e. The molecule has 0 spiro atoms. The van der Waals surface area contributed by atoms with Crippen molar-refractivity contribution in [3.05, 3.63) is 23.2 Å². The first-order valence-corrected chi connectivity index (χ1v) is 4.01. The number of pyridine rings is 1. The van der Waals surface area contributed by atoms with Gasteiger partial charge in [0.05, 0.1) is 22.1 Å². The minimum Gasteiger partial charge on any atom is -0.256 e. The molecule has 56 valence electrons. The van der Waals surface area contributed by atoms with E-state index in [1.54, 1.807) is 18.6 Å². The molecule has 0 unspecified atom stereocenters. The summed E-state index contributed by atoms with van der Waals surface area (Å²) in [7, 11) is 0. The molecule has 0 fully saturated rings. The Bertz CT molecular complexity index is 396. The first kappa shape index (κ1) is 6.67. The van der Waals surface area contributed by atoms with Crippen LogP contribution in [0, 0.1) is 12.7 Å². The van der Waals surface area contributed by atoms with E-state index in [4.69, 9.17) is 0 Å². The van der Waals surface area contributed by atoms with Crippen LogP contribution in [-0.4, -0.2) is 9.97 Å². The summed E-state index contributed by atoms with van der Waals surface area (Å²) in [5, 5.41) is 0. The molecule has 0 bridgehead atoms. The zero-order chi connectivity index (χ0) is 7.84. The third-order valence-corrected chi connectivity index (χ3v) is 2.33. The van der Waals surface area contributed by atoms with Crippen LogP contribution < -0.4 is 0 Å². The lowest BCUT2D eigenvalue weighted by Gasteiger charge is -1.93. The van der Waals surface area contributed by atoms with Gasteiger partial charge in [0.1, 0.15) is 5.52 Å². The van der Waals surface area contributed by atoms with Crippen molar-refractivity contribution in [1.82, 2.24) is 9.97 Å². The maximum atomic E-state index is 13.1. The van der Waals surface area contributed by atoms with E-state index in [1.165, 1.54) is 11.3 Å². The Morgan fingerprint density at radius 2 is 2.27 bits per heavy atom. The van der Waals surface area contributed by atoms with Crippen LogP contribution in [0.5, 0.6) is 0 Å². The number of halogens is 1. The summed E-state index contributed by atoms with van der Waals surface area (Å²) < 4.78 is 13.7. The van der Waals surface area contributed by atoms with E-state index in [2.05, 4.69) is 9.97 Å². The van der Waals surface area contributed by atoms with E-state index < -0.39 is 0 Å². The standard InChI is InChI=1S/C7H5FN2S/c1-4-6(8)7-5(2-9-4)10-3-11-7/h2-3H,1H3. The highest BCUT2D eigenvalue weighted by Gasteiger charge is 2.06. The van der Waals surface area contributed by atoms with E-state index in [0.717, 1.165) is 0 Å². The van der Waals surface area contributed by atoms with Crippen LogP contribution in [0.15, 0.2) is 11.7 Å². The molecule has 0 amide bonds. The van der Waals surface area contributed by atoms with Crippen molar-refractivity contribution in [3.8, 4) is 0 Å². The molecule has 4 heteroatoms. The van der Waals surface area contributed by atoms with Crippen molar-refractivity contribution in [1.29, 1.82) is 0 Å². The van der Waals surface area contributed by atoms with Crippen LogP contribution in [0.4, 0.5) is 4.39 Å². The fraction of sp³-hybridized carbons (Fsp3) is 0.143. The fourth-order valence-electron chi connectivity index (χ4n) is 0.890. The normalized spacial score (nSPS) is 10.7. The van der Waals surface area contributed by atoms with Crippen molar-refractivity contribution >= 4 is 21.6 Å². The van der Waals surface area contributed by atoms with Crippen molar-refractivity contribution in [3.63, 3.8) is 0 Å². The second-order valence-electron chi connectivity index (χ2n) is 2.22. The van der Waals surface area contributed by atoms with E-state index in [0.29, 0.717) is 15.9 Å². The summed E-state index contributed by atoms with van der Waals surface area (Å²) in [6, 6.07) is 0. The van der Waals surface area contributed by atoms with Gasteiger partial charge in [0.25, 0.3) is 0 Å². The molecule has 0 aliphatic rings. The van der Waals surface area contributed by atoms with Crippen molar-refractivity contribution in [2.45, 2.75) is 6.92 Å². The number of hydrogen-bond donors (Lipinski definition) is 0. The Hall–Kier alpha value is -1.03. The van der Waals surface area contributed by atoms with E-state index >= 15 is 0 Å². The molecule has 0 saturated heterocycles. The van der Waals surface area contributed by atoms with Gasteiger partial charge in [-0.3, -0.25) is 4.98 Å². The highest BCUT2D eigenvalue weighted by molar-refractivity contribution is 7.16. The van der Waals surface area contributed by atoms with Gasteiger partial charge >= 0.3 is 0 Å². The Morgan fingerprint density at radius 1 is 1.45 bits per heavy atom. The van der Waals surface area contributed by atoms with Gasteiger partial charge in [-0.1, -0.05) is 0 Å². The largest absolute Gasteiger partial charge is 0.256 e. The van der Waals surface area contributed by atoms with Crippen LogP contribution >= 0.6 is 11.3 Å². The van der Waals surface area contributed by atoms with Gasteiger partial charge in [0.2, 0.25) is 0 Å². The smallest absolute Gasteiger partial charge is 0.163 e. The second kappa shape index (κ2) is 2.23. The van der Waals surface area contributed by atoms with Crippen LogP contribution in [0.1, 0.15) is 5.69 Å². The van der Waals surface area contributed by atoms with Crippen molar-refractivity contribution < 1.29 is 4.39 Å². The minimum absolute atomic E-state index is 0.245. The van der Waals surface area contributed by atoms with Gasteiger partial charge in [-0.2, -0.15) is 0 Å². The van der Waals surface area contributed by atoms with Crippen LogP contribution in [0.2, 0.25) is 0 Å². The van der Waals surface area contributed by atoms with Crippen molar-refractivity contribution in [2.24, 2.45) is 0 Å². The minimum atomic E-state index is -0.245. The summed E-state index contributed by atoms with van der Waals surface area (Å²) in [5.41, 5.74) is 2.69. The Morgan fingerprint density at radius 3 is 3.09 bits per heavy atom. The third kappa shape index (κ3) is 0.903. The third-order valence-electron chi connectivity index (χ3n) is 1.49. The van der Waals surface area contributed by atoms with E-state index in [9.17, 15) is 4.39 Å². The van der Waals surface area contributed by atoms with E-state index in [-0.39, 0.29) is 5.82 Å². The molecule has 0 aromatic carbocycles. The Kier molecular flexibility index (Phi) is 1.35. The van der Waals surface area contributed by atoms with Crippen molar-refractivity contribution in [2.75, 3.05) is 0 Å². The Balaban J connectivity index is 2.93. The summed E-state index contributed by atoms with van der Waals surface area (Å²) in [6.45, 7) is 1.65. The van der Waals surface area contributed by atoms with Gasteiger partial charge in [-0.05, 0) is 6.92 Å². The molecule has 0 atom stereocenters. The molecule has 2 rings (SSSR count). The van der Waals surface area contributed by atoms with Gasteiger partial charge in [0, 0.05) is 0 Å². The SMILES string of the molecule is Cc1ncc2ncsc2c1F. The number of hydrogen-bond acceptors (Lipinski definition) is 3. The molecule has 2 nitrogen and oxygen atoms in total. The van der Waals surface area contributed by atoms with Gasteiger partial charge in [-0.15, -0.1) is 11.3 Å². The van der Waals surface area contributed by atoms with Gasteiger partial charge in [-0.25, -0.2) is 9.37 Å². The summed E-state index contributed by atoms with van der Waals surface area (Å²) in [5.74, 6) is -0.245. The number of aromatic nitrogens is 2. The quantitative estimate of drug-likeness (QED) is 0.602. The summed E-state index contributed by atoms with van der Waals surface area (Å²) >= 11 is 1.30. The Labute approximate surface area is 66.7 Å². The number of thiazole rings is 1. The molecule has 0 aliphatic heterocycles. The van der Waals surface area contributed by atoms with E-state index in [1.807, 2.05) is 0 Å². The maximum absolute atomic E-state index is 13.1. The molecule has 2 aromatic rings. The topological polar surface area (TPSA) is 25.8 Å². The zero-order valence-electron chi connectivity index (χ0n) is 5.84. The molecule has 2 aromatic heterocycles. The number of aryl methyl sites for hydroxylation is 1. The number of fused-ring (bicyclic) bond motifs is 1. The zero-order valence-corrected chi connectivity index (χ0v) is 6.65. The monoisotopic (exact) mass is 168 g/mol. The highest BCUT2D eigenvalue weighted by atomic mass is 32.1. The molecular formula is C7H5FN2S. The summed E-state index contributed by atoms with van der Waals surface area (Å²) in [4.78, 5) is 7.78. The summed E-state index contributed by atoms with van der Waals surface area (Å²) in [6.07, 6.45) is 1.59. The number of nitrogens with zero attached hydrogens (tertiary/aromatic N) is 2. The van der Waals surface area contributed by atoms with Crippen LogP contribution in [0.25, 0.3) is 10.2 Å². The first-order valence-electron chi connectivity index (χ1n) is 3.13. The average molecular weight is 168 g/mol. The molecular weight excluding hydrogens is 163 g/mol. The fourth-order valence-corrected chi connectivity index (χ4v) is 1.64. The first-order chi connectivity index (χ1) is 5.29. The predicted octanol–water partition coefficient (Wildman–Crippen LogP) is 2.14. The van der Waals surface area contributed by atoms with Gasteiger partial charge in [0.15, 0.2) is 5.82 Å². The highest BCUT2D eigenvalue weighted by Crippen LogP contribution is 2.21. The molecule has 0 saturated carbocycles. The molecule has 0 radical (unpaired) electrons. The lowest BCUT2D eigenvalue weighted by molar-refractivity contribution is 0.624. The molecule has 11 heavy (non-hydrogen) atoms. The average Bonchev–Trinajstić information content (AvgIpc) is 2.45. The van der Waals surface area contributed by atoms with Crippen LogP contribution in [-0.2, 0) is 0 Å². The number of rotatable bonds is 0. The van der Waals surface area contributed by atoms with Gasteiger partial charge < -0.3 is 0 Å². The van der Waals surface area contributed by atoms with Crippen LogP contribution in [0.3, 0.4) is 0 Å². The predicted molar refractivity (Wildman–Crippen MR) is 42.1 cm³/mol. The lowest BCUT2D eigenvalue weighted by atomic mass is 10.3. The second-order valence-corrected chi connectivity index (χ2v) is 3.08. The molecule has 2 heterocycles. The molecule has 0 N–H and O–H groups in total. The lowest BCUT2D eigenvalue weighted by Crippen LogP contribution is -1.86. The molecule has 0 aliphatic carbocycles.